The molecule has 0 bridgehead atoms. The van der Waals surface area contributed by atoms with Crippen LogP contribution in [0.1, 0.15) is 24.1 Å². The number of non-ortho nitro benzene ring substituents is 1. The van der Waals surface area contributed by atoms with E-state index in [4.69, 9.17) is 4.74 Å². The number of H-pyrrole nitrogens is 1. The second kappa shape index (κ2) is 7.58. The summed E-state index contributed by atoms with van der Waals surface area (Å²) in [5, 5.41) is 32.8. The van der Waals surface area contributed by atoms with E-state index in [0.717, 1.165) is 5.56 Å². The van der Waals surface area contributed by atoms with Crippen LogP contribution in [0.3, 0.4) is 0 Å². The maximum atomic E-state index is 12.7. The van der Waals surface area contributed by atoms with E-state index in [-0.39, 0.29) is 17.3 Å². The van der Waals surface area contributed by atoms with Crippen molar-refractivity contribution in [1.29, 1.82) is 0 Å². The Morgan fingerprint density at radius 3 is 2.78 bits per heavy atom. The van der Waals surface area contributed by atoms with Crippen molar-refractivity contribution in [2.45, 2.75) is 13.0 Å². The van der Waals surface area contributed by atoms with E-state index in [2.05, 4.69) is 31.0 Å². The third-order valence-corrected chi connectivity index (χ3v) is 5.10. The number of fused-ring (bicyclic) bond motifs is 2. The molecule has 2 aromatic carbocycles. The van der Waals surface area contributed by atoms with Crippen molar-refractivity contribution in [2.75, 3.05) is 11.9 Å². The van der Waals surface area contributed by atoms with E-state index in [1.54, 1.807) is 24.3 Å². The summed E-state index contributed by atoms with van der Waals surface area (Å²) in [5.74, 6) is 0.939. The van der Waals surface area contributed by atoms with Crippen LogP contribution in [0.5, 0.6) is 5.75 Å². The predicted molar refractivity (Wildman–Crippen MR) is 113 cm³/mol. The highest BCUT2D eigenvalue weighted by Crippen LogP contribution is 2.41. The highest BCUT2D eigenvalue weighted by atomic mass is 16.6. The topological polar surface area (TPSA) is 154 Å². The van der Waals surface area contributed by atoms with Gasteiger partial charge in [-0.3, -0.25) is 14.9 Å². The van der Waals surface area contributed by atoms with Crippen molar-refractivity contribution < 1.29 is 9.66 Å². The number of ether oxygens (including phenoxy) is 1. The van der Waals surface area contributed by atoms with E-state index in [0.29, 0.717) is 29.2 Å². The van der Waals surface area contributed by atoms with Gasteiger partial charge in [-0.25, -0.2) is 5.10 Å². The Hall–Kier alpha value is -4.61. The number of hydrogen-bond donors (Lipinski definition) is 2. The fourth-order valence-corrected chi connectivity index (χ4v) is 3.75. The van der Waals surface area contributed by atoms with Crippen molar-refractivity contribution in [3.63, 3.8) is 0 Å². The fraction of sp³-hybridized carbons (Fsp3) is 0.150. The molecule has 0 spiro atoms. The first-order valence-electron chi connectivity index (χ1n) is 9.72. The number of aromatic nitrogens is 6. The molecule has 1 aliphatic rings. The molecule has 12 nitrogen and oxygen atoms in total. The summed E-state index contributed by atoms with van der Waals surface area (Å²) < 4.78 is 6.98. The summed E-state index contributed by atoms with van der Waals surface area (Å²) in [4.78, 5) is 23.6. The van der Waals surface area contributed by atoms with Crippen LogP contribution < -0.4 is 15.6 Å². The van der Waals surface area contributed by atoms with Gasteiger partial charge in [0.15, 0.2) is 0 Å². The van der Waals surface area contributed by atoms with Crippen LogP contribution in [-0.4, -0.2) is 41.9 Å². The summed E-state index contributed by atoms with van der Waals surface area (Å²) in [6.07, 6.45) is 0. The SMILES string of the molecule is CCOc1ccc(-c2n[nH]c(=O)c3c2C(c2cccc([N+](=O)[O-])c2)n2nnnc2N3)cc1. The normalized spacial score (nSPS) is 14.2. The third kappa shape index (κ3) is 3.14. The molecule has 5 rings (SSSR count). The smallest absolute Gasteiger partial charge is 0.288 e. The molecular weight excluding hydrogens is 416 g/mol. The van der Waals surface area contributed by atoms with Gasteiger partial charge >= 0.3 is 0 Å². The number of anilines is 2. The monoisotopic (exact) mass is 432 g/mol. The molecule has 3 heterocycles. The van der Waals surface area contributed by atoms with Crippen LogP contribution in [-0.2, 0) is 0 Å². The number of rotatable bonds is 5. The molecule has 0 saturated heterocycles. The first-order valence-corrected chi connectivity index (χ1v) is 9.72. The summed E-state index contributed by atoms with van der Waals surface area (Å²) in [6.45, 7) is 2.43. The number of aromatic amines is 1. The lowest BCUT2D eigenvalue weighted by Crippen LogP contribution is -2.29. The van der Waals surface area contributed by atoms with Crippen LogP contribution in [0.25, 0.3) is 11.3 Å². The molecule has 4 aromatic rings. The van der Waals surface area contributed by atoms with Crippen LogP contribution in [0.15, 0.2) is 53.3 Å². The Kier molecular flexibility index (Phi) is 4.58. The minimum absolute atomic E-state index is 0.0855. The van der Waals surface area contributed by atoms with Crippen LogP contribution in [0.2, 0.25) is 0 Å². The molecule has 32 heavy (non-hydrogen) atoms. The van der Waals surface area contributed by atoms with Gasteiger partial charge in [0.05, 0.1) is 17.2 Å². The van der Waals surface area contributed by atoms with E-state index in [1.165, 1.54) is 16.8 Å². The molecule has 0 aliphatic carbocycles. The Morgan fingerprint density at radius 1 is 1.22 bits per heavy atom. The van der Waals surface area contributed by atoms with Crippen LogP contribution in [0, 0.1) is 10.1 Å². The zero-order valence-corrected chi connectivity index (χ0v) is 16.7. The molecule has 1 atom stereocenters. The quantitative estimate of drug-likeness (QED) is 0.315. The number of nitro groups is 1. The van der Waals surface area contributed by atoms with Crippen molar-refractivity contribution >= 4 is 17.3 Å². The minimum Gasteiger partial charge on any atom is -0.494 e. The Labute approximate surface area is 180 Å². The predicted octanol–water partition coefficient (Wildman–Crippen LogP) is 2.42. The molecule has 0 amide bonds. The zero-order valence-electron chi connectivity index (χ0n) is 16.7. The molecule has 160 valence electrons. The van der Waals surface area contributed by atoms with Gasteiger partial charge in [0.25, 0.3) is 11.2 Å². The maximum absolute atomic E-state index is 12.7. The Morgan fingerprint density at radius 2 is 2.03 bits per heavy atom. The number of nitrogens with one attached hydrogen (secondary N) is 2. The summed E-state index contributed by atoms with van der Waals surface area (Å²) in [6, 6.07) is 12.7. The molecule has 2 N–H and O–H groups in total. The average Bonchev–Trinajstić information content (AvgIpc) is 3.27. The summed E-state index contributed by atoms with van der Waals surface area (Å²) in [5.41, 5.74) is 1.91. The summed E-state index contributed by atoms with van der Waals surface area (Å²) >= 11 is 0. The van der Waals surface area contributed by atoms with E-state index in [1.807, 2.05) is 19.1 Å². The lowest BCUT2D eigenvalue weighted by atomic mass is 9.92. The first-order chi connectivity index (χ1) is 15.6. The van der Waals surface area contributed by atoms with Crippen LogP contribution in [0.4, 0.5) is 17.3 Å². The molecular formula is C20H16N8O4. The van der Waals surface area contributed by atoms with Gasteiger partial charge in [0.1, 0.15) is 17.5 Å². The highest BCUT2D eigenvalue weighted by Gasteiger charge is 2.34. The van der Waals surface area contributed by atoms with Crippen molar-refractivity contribution in [3.05, 3.63) is 80.1 Å². The molecule has 0 fully saturated rings. The van der Waals surface area contributed by atoms with Gasteiger partial charge in [-0.05, 0) is 47.2 Å². The minimum atomic E-state index is -0.715. The molecule has 0 radical (unpaired) electrons. The molecule has 2 aromatic heterocycles. The van der Waals surface area contributed by atoms with Gasteiger partial charge in [-0.2, -0.15) is 9.78 Å². The third-order valence-electron chi connectivity index (χ3n) is 5.10. The van der Waals surface area contributed by atoms with E-state index < -0.39 is 16.5 Å². The van der Waals surface area contributed by atoms with E-state index in [9.17, 15) is 14.9 Å². The van der Waals surface area contributed by atoms with Crippen LogP contribution >= 0.6 is 0 Å². The molecule has 12 heteroatoms. The van der Waals surface area contributed by atoms with Gasteiger partial charge in [0.2, 0.25) is 5.95 Å². The highest BCUT2D eigenvalue weighted by molar-refractivity contribution is 5.75. The van der Waals surface area contributed by atoms with Crippen molar-refractivity contribution in [3.8, 4) is 17.0 Å². The number of hydrogen-bond acceptors (Lipinski definition) is 9. The number of nitrogens with zero attached hydrogens (tertiary/aromatic N) is 6. The molecule has 0 saturated carbocycles. The number of nitro benzene ring substituents is 1. The van der Waals surface area contributed by atoms with Gasteiger partial charge < -0.3 is 10.1 Å². The zero-order chi connectivity index (χ0) is 22.2. The van der Waals surface area contributed by atoms with Gasteiger partial charge in [-0.1, -0.05) is 17.2 Å². The molecule has 1 unspecified atom stereocenters. The number of tetrazole rings is 1. The van der Waals surface area contributed by atoms with Crippen molar-refractivity contribution in [1.82, 2.24) is 30.4 Å². The standard InChI is InChI=1S/C20H16N8O4/c1-2-32-14-8-6-11(7-9-14)16-15-17(19(29)23-22-16)21-20-24-25-26-27(20)18(15)12-4-3-5-13(10-12)28(30)31/h3-10,18H,2H2,1H3,(H,23,29)(H,21,24,26). The van der Waals surface area contributed by atoms with Crippen molar-refractivity contribution in [2.24, 2.45) is 0 Å². The fourth-order valence-electron chi connectivity index (χ4n) is 3.75. The van der Waals surface area contributed by atoms with E-state index >= 15 is 0 Å². The van der Waals surface area contributed by atoms with Gasteiger partial charge in [-0.15, -0.1) is 0 Å². The summed E-state index contributed by atoms with van der Waals surface area (Å²) in [7, 11) is 0. The first kappa shape index (κ1) is 19.4. The largest absolute Gasteiger partial charge is 0.494 e. The second-order valence-corrected chi connectivity index (χ2v) is 6.97. The number of benzene rings is 2. The molecule has 1 aliphatic heterocycles. The second-order valence-electron chi connectivity index (χ2n) is 6.97. The lowest BCUT2D eigenvalue weighted by molar-refractivity contribution is -0.384. The maximum Gasteiger partial charge on any atom is 0.288 e. The Bertz CT molecular complexity index is 1380. The average molecular weight is 432 g/mol. The van der Waals surface area contributed by atoms with Gasteiger partial charge in [0, 0.05) is 23.3 Å². The Balaban J connectivity index is 1.74. The lowest BCUT2D eigenvalue weighted by Gasteiger charge is -2.27.